The van der Waals surface area contributed by atoms with Crippen LogP contribution in [0, 0.1) is 0 Å². The first kappa shape index (κ1) is 15.7. The van der Waals surface area contributed by atoms with Crippen LogP contribution in [0.5, 0.6) is 0 Å². The van der Waals surface area contributed by atoms with E-state index in [1.165, 1.54) is 5.56 Å². The summed E-state index contributed by atoms with van der Waals surface area (Å²) in [6, 6.07) is 4.50. The number of carbonyl (C=O) groups excluding carboxylic acids is 1. The zero-order chi connectivity index (χ0) is 14.9. The Balaban J connectivity index is 1.73. The van der Waals surface area contributed by atoms with E-state index in [0.717, 1.165) is 45.3 Å². The SMILES string of the molecule is C=CCNCCC1CCC(=O)N1CCCc1ccncc1. The molecule has 1 N–H and O–H groups in total. The van der Waals surface area contributed by atoms with E-state index in [2.05, 4.69) is 21.8 Å². The number of carbonyl (C=O) groups is 1. The van der Waals surface area contributed by atoms with Crippen molar-refractivity contribution in [3.05, 3.63) is 42.7 Å². The van der Waals surface area contributed by atoms with Gasteiger partial charge in [-0.05, 0) is 49.9 Å². The molecule has 0 bridgehead atoms. The van der Waals surface area contributed by atoms with Gasteiger partial charge < -0.3 is 10.2 Å². The molecule has 4 heteroatoms. The third-order valence-electron chi connectivity index (χ3n) is 4.01. The number of nitrogens with one attached hydrogen (secondary N) is 1. The van der Waals surface area contributed by atoms with Crippen molar-refractivity contribution in [3.8, 4) is 0 Å². The lowest BCUT2D eigenvalue weighted by atomic mass is 10.1. The topological polar surface area (TPSA) is 45.2 Å². The molecule has 114 valence electrons. The predicted octanol–water partition coefficient (Wildman–Crippen LogP) is 2.17. The molecule has 0 aliphatic carbocycles. The Morgan fingerprint density at radius 1 is 1.43 bits per heavy atom. The number of likely N-dealkylation sites (tertiary alicyclic amines) is 1. The largest absolute Gasteiger partial charge is 0.340 e. The van der Waals surface area contributed by atoms with E-state index < -0.39 is 0 Å². The summed E-state index contributed by atoms with van der Waals surface area (Å²) in [5, 5.41) is 3.32. The van der Waals surface area contributed by atoms with Gasteiger partial charge in [0.25, 0.3) is 0 Å². The van der Waals surface area contributed by atoms with Crippen LogP contribution in [0.25, 0.3) is 0 Å². The molecule has 0 aromatic carbocycles. The Morgan fingerprint density at radius 2 is 2.24 bits per heavy atom. The molecular formula is C17H25N3O. The lowest BCUT2D eigenvalue weighted by molar-refractivity contribution is -0.129. The van der Waals surface area contributed by atoms with Crippen LogP contribution in [0.1, 0.15) is 31.2 Å². The van der Waals surface area contributed by atoms with Crippen molar-refractivity contribution in [1.82, 2.24) is 15.2 Å². The molecule has 1 saturated heterocycles. The van der Waals surface area contributed by atoms with Crippen molar-refractivity contribution in [2.75, 3.05) is 19.6 Å². The molecule has 21 heavy (non-hydrogen) atoms. The number of aromatic nitrogens is 1. The van der Waals surface area contributed by atoms with Gasteiger partial charge in [-0.3, -0.25) is 9.78 Å². The third kappa shape index (κ3) is 4.97. The molecule has 2 heterocycles. The van der Waals surface area contributed by atoms with Crippen molar-refractivity contribution >= 4 is 5.91 Å². The van der Waals surface area contributed by atoms with Crippen LogP contribution >= 0.6 is 0 Å². The molecule has 0 radical (unpaired) electrons. The third-order valence-corrected chi connectivity index (χ3v) is 4.01. The molecule has 1 aromatic rings. The number of rotatable bonds is 9. The minimum Gasteiger partial charge on any atom is -0.340 e. The second-order valence-electron chi connectivity index (χ2n) is 5.52. The number of hydrogen-bond donors (Lipinski definition) is 1. The number of aryl methyl sites for hydroxylation is 1. The summed E-state index contributed by atoms with van der Waals surface area (Å²) in [5.74, 6) is 0.318. The Labute approximate surface area is 127 Å². The fourth-order valence-corrected chi connectivity index (χ4v) is 2.88. The highest BCUT2D eigenvalue weighted by molar-refractivity contribution is 5.78. The molecule has 1 atom stereocenters. The van der Waals surface area contributed by atoms with Crippen molar-refractivity contribution in [2.24, 2.45) is 0 Å². The van der Waals surface area contributed by atoms with Crippen molar-refractivity contribution in [2.45, 2.75) is 38.1 Å². The first-order chi connectivity index (χ1) is 10.3. The van der Waals surface area contributed by atoms with E-state index in [9.17, 15) is 4.79 Å². The smallest absolute Gasteiger partial charge is 0.222 e. The molecule has 0 spiro atoms. The molecule has 1 aromatic heterocycles. The lowest BCUT2D eigenvalue weighted by Crippen LogP contribution is -2.36. The van der Waals surface area contributed by atoms with E-state index >= 15 is 0 Å². The van der Waals surface area contributed by atoms with E-state index in [1.807, 2.05) is 30.6 Å². The monoisotopic (exact) mass is 287 g/mol. The molecule has 1 amide bonds. The van der Waals surface area contributed by atoms with Crippen LogP contribution in [0.15, 0.2) is 37.2 Å². The van der Waals surface area contributed by atoms with Gasteiger partial charge in [0.05, 0.1) is 0 Å². The van der Waals surface area contributed by atoms with Gasteiger partial charge >= 0.3 is 0 Å². The molecular weight excluding hydrogens is 262 g/mol. The number of hydrogen-bond acceptors (Lipinski definition) is 3. The predicted molar refractivity (Wildman–Crippen MR) is 85.0 cm³/mol. The zero-order valence-electron chi connectivity index (χ0n) is 12.6. The summed E-state index contributed by atoms with van der Waals surface area (Å²) in [4.78, 5) is 18.1. The highest BCUT2D eigenvalue weighted by Gasteiger charge is 2.29. The summed E-state index contributed by atoms with van der Waals surface area (Å²) >= 11 is 0. The molecule has 1 unspecified atom stereocenters. The normalized spacial score (nSPS) is 18.2. The minimum absolute atomic E-state index is 0.318. The molecule has 1 aliphatic rings. The summed E-state index contributed by atoms with van der Waals surface area (Å²) in [7, 11) is 0. The number of amides is 1. The second kappa shape index (κ2) is 8.57. The molecule has 1 aliphatic heterocycles. The Morgan fingerprint density at radius 3 is 3.00 bits per heavy atom. The summed E-state index contributed by atoms with van der Waals surface area (Å²) < 4.78 is 0. The summed E-state index contributed by atoms with van der Waals surface area (Å²) in [6.45, 7) is 6.35. The average Bonchev–Trinajstić information content (AvgIpc) is 2.86. The highest BCUT2D eigenvalue weighted by atomic mass is 16.2. The highest BCUT2D eigenvalue weighted by Crippen LogP contribution is 2.21. The van der Waals surface area contributed by atoms with E-state index in [-0.39, 0.29) is 0 Å². The average molecular weight is 287 g/mol. The van der Waals surface area contributed by atoms with Crippen molar-refractivity contribution in [1.29, 1.82) is 0 Å². The zero-order valence-corrected chi connectivity index (χ0v) is 12.6. The quantitative estimate of drug-likeness (QED) is 0.559. The van der Waals surface area contributed by atoms with Gasteiger partial charge in [0, 0.05) is 37.9 Å². The summed E-state index contributed by atoms with van der Waals surface area (Å²) in [5.41, 5.74) is 1.29. The van der Waals surface area contributed by atoms with Gasteiger partial charge in [-0.2, -0.15) is 0 Å². The first-order valence-corrected chi connectivity index (χ1v) is 7.81. The number of pyridine rings is 1. The van der Waals surface area contributed by atoms with Crippen LogP contribution in [-0.2, 0) is 11.2 Å². The maximum absolute atomic E-state index is 12.0. The Bertz CT molecular complexity index is 447. The molecule has 4 nitrogen and oxygen atoms in total. The molecule has 1 fully saturated rings. The lowest BCUT2D eigenvalue weighted by Gasteiger charge is -2.25. The molecule has 2 rings (SSSR count). The summed E-state index contributed by atoms with van der Waals surface area (Å²) in [6.07, 6.45) is 10.3. The number of nitrogens with zero attached hydrogens (tertiary/aromatic N) is 2. The van der Waals surface area contributed by atoms with Gasteiger partial charge in [0.1, 0.15) is 0 Å². The van der Waals surface area contributed by atoms with Gasteiger partial charge in [-0.1, -0.05) is 6.08 Å². The van der Waals surface area contributed by atoms with E-state index in [4.69, 9.17) is 0 Å². The van der Waals surface area contributed by atoms with Crippen molar-refractivity contribution in [3.63, 3.8) is 0 Å². The Hall–Kier alpha value is -1.68. The van der Waals surface area contributed by atoms with Gasteiger partial charge in [0.2, 0.25) is 5.91 Å². The van der Waals surface area contributed by atoms with Crippen LogP contribution < -0.4 is 5.32 Å². The maximum atomic E-state index is 12.0. The van der Waals surface area contributed by atoms with Crippen LogP contribution in [0.2, 0.25) is 0 Å². The van der Waals surface area contributed by atoms with Gasteiger partial charge in [-0.15, -0.1) is 6.58 Å². The van der Waals surface area contributed by atoms with Gasteiger partial charge in [-0.25, -0.2) is 0 Å². The minimum atomic E-state index is 0.318. The Kier molecular flexibility index (Phi) is 6.41. The van der Waals surface area contributed by atoms with Crippen LogP contribution in [0.4, 0.5) is 0 Å². The first-order valence-electron chi connectivity index (χ1n) is 7.81. The van der Waals surface area contributed by atoms with Crippen molar-refractivity contribution < 1.29 is 4.79 Å². The van der Waals surface area contributed by atoms with Gasteiger partial charge in [0.15, 0.2) is 0 Å². The van der Waals surface area contributed by atoms with E-state index in [0.29, 0.717) is 18.4 Å². The van der Waals surface area contributed by atoms with E-state index in [1.54, 1.807) is 0 Å². The second-order valence-corrected chi connectivity index (χ2v) is 5.52. The fourth-order valence-electron chi connectivity index (χ4n) is 2.88. The standard InChI is InChI=1S/C17H25N3O/c1-2-10-18-13-9-16-5-6-17(21)20(16)14-3-4-15-7-11-19-12-8-15/h2,7-8,11-12,16,18H,1,3-6,9-10,13-14H2. The van der Waals surface area contributed by atoms with Crippen LogP contribution in [-0.4, -0.2) is 41.5 Å². The van der Waals surface area contributed by atoms with Crippen LogP contribution in [0.3, 0.4) is 0 Å². The maximum Gasteiger partial charge on any atom is 0.222 e. The fraction of sp³-hybridized carbons (Fsp3) is 0.529. The molecule has 0 saturated carbocycles.